The Morgan fingerprint density at radius 3 is 2.74 bits per heavy atom. The number of sulfonamides is 1. The first-order valence-electron chi connectivity index (χ1n) is 9.51. The van der Waals surface area contributed by atoms with Crippen LogP contribution < -0.4 is 15.4 Å². The van der Waals surface area contributed by atoms with E-state index in [1.807, 2.05) is 6.92 Å². The lowest BCUT2D eigenvalue weighted by Crippen LogP contribution is -2.38. The predicted molar refractivity (Wildman–Crippen MR) is 113 cm³/mol. The van der Waals surface area contributed by atoms with Crippen LogP contribution in [0.3, 0.4) is 0 Å². The molecule has 0 amide bonds. The second-order valence-electron chi connectivity index (χ2n) is 6.45. The molecule has 8 heteroatoms. The molecule has 0 aliphatic carbocycles. The van der Waals surface area contributed by atoms with Crippen molar-refractivity contribution in [1.29, 1.82) is 0 Å². The minimum Gasteiger partial charge on any atom is -0.361 e. The van der Waals surface area contributed by atoms with Gasteiger partial charge in [-0.15, -0.1) is 0 Å². The van der Waals surface area contributed by atoms with E-state index in [0.717, 1.165) is 25.5 Å². The summed E-state index contributed by atoms with van der Waals surface area (Å²) in [5.74, 6) is 0.861. The maximum Gasteiger partial charge on any atom is 0.211 e. The number of aliphatic imine (C=N–C) groups is 1. The first-order valence-corrected chi connectivity index (χ1v) is 11.2. The number of fused-ring (bicyclic) bond motifs is 1. The summed E-state index contributed by atoms with van der Waals surface area (Å²) in [6, 6.07) is 6.45. The lowest BCUT2D eigenvalue weighted by Gasteiger charge is -2.11. The molecule has 0 aliphatic rings. The van der Waals surface area contributed by atoms with E-state index in [1.54, 1.807) is 6.92 Å². The van der Waals surface area contributed by atoms with Crippen molar-refractivity contribution in [2.24, 2.45) is 4.99 Å². The Morgan fingerprint density at radius 2 is 2.00 bits per heavy atom. The first-order chi connectivity index (χ1) is 12.9. The molecule has 1 heterocycles. The Labute approximate surface area is 162 Å². The molecule has 0 radical (unpaired) electrons. The van der Waals surface area contributed by atoms with Gasteiger partial charge in [0.1, 0.15) is 0 Å². The zero-order valence-electron chi connectivity index (χ0n) is 16.4. The summed E-state index contributed by atoms with van der Waals surface area (Å²) >= 11 is 0. The summed E-state index contributed by atoms with van der Waals surface area (Å²) in [6.45, 7) is 8.27. The van der Waals surface area contributed by atoms with Gasteiger partial charge in [0.2, 0.25) is 10.0 Å². The Bertz CT molecular complexity index is 858. The number of hydrogen-bond acceptors (Lipinski definition) is 3. The number of rotatable bonds is 10. The predicted octanol–water partition coefficient (Wildman–Crippen LogP) is 1.90. The van der Waals surface area contributed by atoms with Crippen molar-refractivity contribution in [2.45, 2.75) is 33.6 Å². The van der Waals surface area contributed by atoms with Crippen LogP contribution in [0.5, 0.6) is 0 Å². The Morgan fingerprint density at radius 1 is 1.19 bits per heavy atom. The van der Waals surface area contributed by atoms with E-state index >= 15 is 0 Å². The average molecular weight is 394 g/mol. The number of H-pyrrole nitrogens is 1. The maximum atomic E-state index is 11.4. The third-order valence-electron chi connectivity index (χ3n) is 4.26. The van der Waals surface area contributed by atoms with Crippen molar-refractivity contribution >= 4 is 26.9 Å². The topological polar surface area (TPSA) is 98.4 Å². The van der Waals surface area contributed by atoms with Gasteiger partial charge in [-0.3, -0.25) is 4.99 Å². The van der Waals surface area contributed by atoms with Crippen LogP contribution >= 0.6 is 0 Å². The number of guanidine groups is 1. The fourth-order valence-electron chi connectivity index (χ4n) is 2.76. The number of nitrogens with zero attached hydrogens (tertiary/aromatic N) is 1. The average Bonchev–Trinajstić information content (AvgIpc) is 3.03. The van der Waals surface area contributed by atoms with Crippen LogP contribution in [-0.2, 0) is 16.4 Å². The van der Waals surface area contributed by atoms with Gasteiger partial charge >= 0.3 is 0 Å². The molecular weight excluding hydrogens is 362 g/mol. The van der Waals surface area contributed by atoms with Gasteiger partial charge in [-0.2, -0.15) is 0 Å². The van der Waals surface area contributed by atoms with E-state index in [-0.39, 0.29) is 5.75 Å². The quantitative estimate of drug-likeness (QED) is 0.281. The minimum atomic E-state index is -3.12. The molecule has 2 aromatic rings. The molecule has 4 N–H and O–H groups in total. The van der Waals surface area contributed by atoms with E-state index in [0.29, 0.717) is 19.5 Å². The number of aryl methyl sites for hydroxylation is 1. The SMILES string of the molecule is CCNC(=NCCCNS(=O)(=O)CC)NCCc1c[nH]c2cc(C)ccc12. The minimum absolute atomic E-state index is 0.105. The lowest BCUT2D eigenvalue weighted by atomic mass is 10.1. The maximum absolute atomic E-state index is 11.4. The zero-order valence-corrected chi connectivity index (χ0v) is 17.2. The molecule has 0 fully saturated rings. The van der Waals surface area contributed by atoms with Crippen molar-refractivity contribution < 1.29 is 8.42 Å². The van der Waals surface area contributed by atoms with E-state index in [4.69, 9.17) is 0 Å². The number of aromatic amines is 1. The van der Waals surface area contributed by atoms with Crippen molar-refractivity contribution in [3.05, 3.63) is 35.5 Å². The monoisotopic (exact) mass is 393 g/mol. The van der Waals surface area contributed by atoms with Crippen LogP contribution in [0, 0.1) is 6.92 Å². The Hall–Kier alpha value is -2.06. The van der Waals surface area contributed by atoms with Gasteiger partial charge in [0.25, 0.3) is 0 Å². The zero-order chi connectivity index (χ0) is 19.7. The number of nitrogens with one attached hydrogen (secondary N) is 4. The van der Waals surface area contributed by atoms with Gasteiger partial charge in [-0.1, -0.05) is 12.1 Å². The molecule has 1 aromatic heterocycles. The van der Waals surface area contributed by atoms with E-state index < -0.39 is 10.0 Å². The summed E-state index contributed by atoms with van der Waals surface area (Å²) in [5, 5.41) is 7.81. The normalized spacial score (nSPS) is 12.5. The van der Waals surface area contributed by atoms with Gasteiger partial charge < -0.3 is 15.6 Å². The highest BCUT2D eigenvalue weighted by Crippen LogP contribution is 2.19. The molecule has 0 bridgehead atoms. The summed E-state index contributed by atoms with van der Waals surface area (Å²) in [5.41, 5.74) is 3.69. The lowest BCUT2D eigenvalue weighted by molar-refractivity contribution is 0.581. The highest BCUT2D eigenvalue weighted by Gasteiger charge is 2.05. The standard InChI is InChI=1S/C19H31N5O2S/c1-4-20-19(21-10-6-11-24-27(25,26)5-2)22-12-9-16-14-23-18-13-15(3)7-8-17(16)18/h7-8,13-14,23-24H,4-6,9-12H2,1-3H3,(H2,20,21,22). The van der Waals surface area contributed by atoms with Crippen LogP contribution in [0.25, 0.3) is 10.9 Å². The highest BCUT2D eigenvalue weighted by atomic mass is 32.2. The molecule has 150 valence electrons. The number of hydrogen-bond donors (Lipinski definition) is 4. The van der Waals surface area contributed by atoms with E-state index in [1.165, 1.54) is 22.0 Å². The van der Waals surface area contributed by atoms with Gasteiger partial charge in [0.15, 0.2) is 5.96 Å². The number of benzene rings is 1. The number of aromatic nitrogens is 1. The van der Waals surface area contributed by atoms with Crippen LogP contribution in [0.2, 0.25) is 0 Å². The van der Waals surface area contributed by atoms with Crippen LogP contribution in [0.1, 0.15) is 31.4 Å². The second kappa shape index (κ2) is 10.3. The summed E-state index contributed by atoms with van der Waals surface area (Å²) in [7, 11) is -3.12. The third kappa shape index (κ3) is 6.88. The molecule has 1 aromatic carbocycles. The summed E-state index contributed by atoms with van der Waals surface area (Å²) < 4.78 is 25.3. The van der Waals surface area contributed by atoms with Crippen LogP contribution in [0.15, 0.2) is 29.4 Å². The van der Waals surface area contributed by atoms with Crippen LogP contribution in [-0.4, -0.2) is 51.3 Å². The van der Waals surface area contributed by atoms with Crippen molar-refractivity contribution in [3.63, 3.8) is 0 Å². The van der Waals surface area contributed by atoms with Gasteiger partial charge in [-0.25, -0.2) is 13.1 Å². The summed E-state index contributed by atoms with van der Waals surface area (Å²) in [4.78, 5) is 7.83. The molecule has 0 spiro atoms. The van der Waals surface area contributed by atoms with Crippen molar-refractivity contribution in [2.75, 3.05) is 31.9 Å². The van der Waals surface area contributed by atoms with E-state index in [9.17, 15) is 8.42 Å². The molecular formula is C19H31N5O2S. The molecule has 27 heavy (non-hydrogen) atoms. The third-order valence-corrected chi connectivity index (χ3v) is 5.66. The molecule has 0 saturated heterocycles. The molecule has 7 nitrogen and oxygen atoms in total. The Balaban J connectivity index is 1.81. The second-order valence-corrected chi connectivity index (χ2v) is 8.55. The largest absolute Gasteiger partial charge is 0.361 e. The fourth-order valence-corrected chi connectivity index (χ4v) is 3.42. The van der Waals surface area contributed by atoms with Crippen molar-refractivity contribution in [3.8, 4) is 0 Å². The molecule has 0 atom stereocenters. The smallest absolute Gasteiger partial charge is 0.211 e. The first kappa shape index (κ1) is 21.2. The summed E-state index contributed by atoms with van der Waals surface area (Å²) in [6.07, 6.45) is 3.62. The highest BCUT2D eigenvalue weighted by molar-refractivity contribution is 7.89. The molecule has 0 aliphatic heterocycles. The molecule has 2 rings (SSSR count). The van der Waals surface area contributed by atoms with Gasteiger partial charge in [-0.05, 0) is 50.8 Å². The fraction of sp³-hybridized carbons (Fsp3) is 0.526. The van der Waals surface area contributed by atoms with E-state index in [2.05, 4.69) is 56.7 Å². The van der Waals surface area contributed by atoms with Gasteiger partial charge in [0, 0.05) is 43.3 Å². The Kier molecular flexibility index (Phi) is 8.12. The molecule has 0 unspecified atom stereocenters. The molecule has 0 saturated carbocycles. The van der Waals surface area contributed by atoms with Gasteiger partial charge in [0.05, 0.1) is 5.75 Å². The van der Waals surface area contributed by atoms with Crippen molar-refractivity contribution in [1.82, 2.24) is 20.3 Å². The van der Waals surface area contributed by atoms with Crippen LogP contribution in [0.4, 0.5) is 0 Å².